The number of aromatic nitrogens is 2. The van der Waals surface area contributed by atoms with E-state index in [4.69, 9.17) is 14.2 Å². The van der Waals surface area contributed by atoms with E-state index in [0.717, 1.165) is 5.57 Å². The molecule has 0 N–H and O–H groups in total. The van der Waals surface area contributed by atoms with Gasteiger partial charge in [-0.1, -0.05) is 6.08 Å². The number of hydrogen-bond acceptors (Lipinski definition) is 6. The fourth-order valence-corrected chi connectivity index (χ4v) is 3.13. The average molecular weight is 371 g/mol. The van der Waals surface area contributed by atoms with Crippen LogP contribution in [-0.4, -0.2) is 48.8 Å². The fraction of sp³-hybridized carbons (Fsp3) is 0.316. The number of halogens is 1. The van der Waals surface area contributed by atoms with Gasteiger partial charge in [-0.3, -0.25) is 4.90 Å². The van der Waals surface area contributed by atoms with Crippen LogP contribution in [0.4, 0.5) is 14.9 Å². The molecular weight excluding hydrogens is 353 g/mol. The summed E-state index contributed by atoms with van der Waals surface area (Å²) in [7, 11) is 0. The summed E-state index contributed by atoms with van der Waals surface area (Å²) < 4.78 is 30.7. The molecule has 2 aliphatic rings. The van der Waals surface area contributed by atoms with E-state index in [1.165, 1.54) is 11.0 Å². The number of carbonyl (C=O) groups excluding carboxylic acids is 1. The van der Waals surface area contributed by atoms with Gasteiger partial charge in [-0.25, -0.2) is 9.18 Å². The Balaban J connectivity index is 1.52. The Morgan fingerprint density at radius 2 is 2.26 bits per heavy atom. The first kappa shape index (κ1) is 17.4. The third-order valence-corrected chi connectivity index (χ3v) is 4.47. The molecular formula is C19H18FN3O4. The van der Waals surface area contributed by atoms with Crippen LogP contribution in [0, 0.1) is 5.82 Å². The molecule has 2 aromatic rings. The molecule has 0 spiro atoms. The molecule has 1 saturated heterocycles. The average Bonchev–Trinajstić information content (AvgIpc) is 3.08. The van der Waals surface area contributed by atoms with Crippen molar-refractivity contribution in [1.82, 2.24) is 10.2 Å². The Kier molecular flexibility index (Phi) is 4.97. The zero-order valence-corrected chi connectivity index (χ0v) is 14.5. The SMILES string of the molecule is O=C1OC[C@@H](COc2cccnn2)N1c1ccc(C2=CCOCC2)c(F)c1. The molecule has 0 unspecified atom stereocenters. The summed E-state index contributed by atoms with van der Waals surface area (Å²) in [6.45, 7) is 1.38. The molecule has 0 aliphatic carbocycles. The zero-order valence-electron chi connectivity index (χ0n) is 14.5. The molecule has 1 aromatic carbocycles. The maximum atomic E-state index is 14.7. The summed E-state index contributed by atoms with van der Waals surface area (Å²) in [5.74, 6) is -0.0290. The van der Waals surface area contributed by atoms with E-state index in [9.17, 15) is 9.18 Å². The second kappa shape index (κ2) is 7.71. The van der Waals surface area contributed by atoms with Crippen LogP contribution in [0.3, 0.4) is 0 Å². The minimum absolute atomic E-state index is 0.158. The van der Waals surface area contributed by atoms with Crippen LogP contribution in [0.5, 0.6) is 5.88 Å². The van der Waals surface area contributed by atoms with Crippen LogP contribution in [0.25, 0.3) is 5.57 Å². The van der Waals surface area contributed by atoms with Crippen LogP contribution in [0.1, 0.15) is 12.0 Å². The fourth-order valence-electron chi connectivity index (χ4n) is 3.13. The maximum absolute atomic E-state index is 14.7. The lowest BCUT2D eigenvalue weighted by Crippen LogP contribution is -2.38. The van der Waals surface area contributed by atoms with Crippen molar-refractivity contribution in [3.8, 4) is 5.88 Å². The third-order valence-electron chi connectivity index (χ3n) is 4.47. The molecule has 0 saturated carbocycles. The van der Waals surface area contributed by atoms with E-state index in [1.807, 2.05) is 6.08 Å². The zero-order chi connectivity index (χ0) is 18.6. The predicted molar refractivity (Wildman–Crippen MR) is 95.0 cm³/mol. The van der Waals surface area contributed by atoms with Crippen molar-refractivity contribution < 1.29 is 23.4 Å². The van der Waals surface area contributed by atoms with Crippen molar-refractivity contribution in [3.63, 3.8) is 0 Å². The number of nitrogens with zero attached hydrogens (tertiary/aromatic N) is 3. The Morgan fingerprint density at radius 1 is 1.33 bits per heavy atom. The molecule has 1 amide bonds. The van der Waals surface area contributed by atoms with E-state index >= 15 is 0 Å². The van der Waals surface area contributed by atoms with E-state index in [2.05, 4.69) is 10.2 Å². The third kappa shape index (κ3) is 3.75. The second-order valence-corrected chi connectivity index (χ2v) is 6.19. The van der Waals surface area contributed by atoms with Crippen molar-refractivity contribution in [2.75, 3.05) is 31.3 Å². The first-order chi connectivity index (χ1) is 13.2. The largest absolute Gasteiger partial charge is 0.474 e. The molecule has 8 heteroatoms. The first-order valence-corrected chi connectivity index (χ1v) is 8.65. The Labute approximate surface area is 155 Å². The highest BCUT2D eigenvalue weighted by molar-refractivity contribution is 5.90. The van der Waals surface area contributed by atoms with Gasteiger partial charge in [0.15, 0.2) is 0 Å². The topological polar surface area (TPSA) is 73.8 Å². The second-order valence-electron chi connectivity index (χ2n) is 6.19. The van der Waals surface area contributed by atoms with Crippen molar-refractivity contribution in [3.05, 3.63) is 54.0 Å². The van der Waals surface area contributed by atoms with Crippen LogP contribution >= 0.6 is 0 Å². The number of anilines is 1. The van der Waals surface area contributed by atoms with Gasteiger partial charge in [-0.15, -0.1) is 5.10 Å². The van der Waals surface area contributed by atoms with E-state index in [1.54, 1.807) is 30.5 Å². The molecule has 1 atom stereocenters. The molecule has 1 aromatic heterocycles. The molecule has 7 nitrogen and oxygen atoms in total. The van der Waals surface area contributed by atoms with Gasteiger partial charge >= 0.3 is 6.09 Å². The summed E-state index contributed by atoms with van der Waals surface area (Å²) in [6, 6.07) is 7.76. The Bertz CT molecular complexity index is 859. The quantitative estimate of drug-likeness (QED) is 0.805. The number of benzene rings is 1. The standard InChI is InChI=1S/C19H18FN3O4/c20-17-10-14(3-4-16(17)13-5-8-25-9-6-13)23-15(12-27-19(23)24)11-26-18-2-1-7-21-22-18/h1-5,7,10,15H,6,8-9,11-12H2/t15-/m1/s1. The lowest BCUT2D eigenvalue weighted by Gasteiger charge is -2.22. The minimum atomic E-state index is -0.528. The van der Waals surface area contributed by atoms with Crippen LogP contribution in [0.15, 0.2) is 42.6 Å². The molecule has 27 heavy (non-hydrogen) atoms. The molecule has 2 aliphatic heterocycles. The molecule has 4 rings (SSSR count). The maximum Gasteiger partial charge on any atom is 0.414 e. The highest BCUT2D eigenvalue weighted by Crippen LogP contribution is 2.30. The summed E-state index contributed by atoms with van der Waals surface area (Å²) >= 11 is 0. The Hall–Kier alpha value is -3.00. The lowest BCUT2D eigenvalue weighted by molar-refractivity contribution is 0.161. The van der Waals surface area contributed by atoms with Gasteiger partial charge in [0.2, 0.25) is 5.88 Å². The molecule has 1 fully saturated rings. The van der Waals surface area contributed by atoms with E-state index < -0.39 is 6.09 Å². The smallest absolute Gasteiger partial charge is 0.414 e. The molecule has 0 bridgehead atoms. The van der Waals surface area contributed by atoms with Crippen LogP contribution in [-0.2, 0) is 9.47 Å². The summed E-state index contributed by atoms with van der Waals surface area (Å²) in [6.07, 6.45) is 3.56. The molecule has 140 valence electrons. The minimum Gasteiger partial charge on any atom is -0.474 e. The predicted octanol–water partition coefficient (Wildman–Crippen LogP) is 2.82. The van der Waals surface area contributed by atoms with Crippen LogP contribution < -0.4 is 9.64 Å². The number of ether oxygens (including phenoxy) is 3. The summed E-state index contributed by atoms with van der Waals surface area (Å²) in [5.41, 5.74) is 1.87. The van der Waals surface area contributed by atoms with Gasteiger partial charge in [0.25, 0.3) is 0 Å². The molecule has 0 radical (unpaired) electrons. The van der Waals surface area contributed by atoms with Gasteiger partial charge in [0, 0.05) is 17.8 Å². The Morgan fingerprint density at radius 3 is 3.00 bits per heavy atom. The van der Waals surface area contributed by atoms with Crippen molar-refractivity contribution in [2.24, 2.45) is 0 Å². The van der Waals surface area contributed by atoms with Gasteiger partial charge < -0.3 is 14.2 Å². The van der Waals surface area contributed by atoms with E-state index in [0.29, 0.717) is 36.8 Å². The van der Waals surface area contributed by atoms with E-state index in [-0.39, 0.29) is 25.1 Å². The number of rotatable bonds is 5. The first-order valence-electron chi connectivity index (χ1n) is 8.65. The van der Waals surface area contributed by atoms with Crippen molar-refractivity contribution in [1.29, 1.82) is 0 Å². The number of carbonyl (C=O) groups is 1. The van der Waals surface area contributed by atoms with Crippen LogP contribution in [0.2, 0.25) is 0 Å². The lowest BCUT2D eigenvalue weighted by atomic mass is 10.0. The van der Waals surface area contributed by atoms with Gasteiger partial charge in [0.05, 0.1) is 18.9 Å². The highest BCUT2D eigenvalue weighted by atomic mass is 19.1. The summed E-state index contributed by atoms with van der Waals surface area (Å²) in [5, 5.41) is 7.58. The number of cyclic esters (lactones) is 1. The van der Waals surface area contributed by atoms with Crippen molar-refractivity contribution in [2.45, 2.75) is 12.5 Å². The summed E-state index contributed by atoms with van der Waals surface area (Å²) in [4.78, 5) is 13.6. The van der Waals surface area contributed by atoms with Gasteiger partial charge in [-0.2, -0.15) is 5.10 Å². The monoisotopic (exact) mass is 371 g/mol. The normalized spacial score (nSPS) is 19.6. The molecule has 3 heterocycles. The highest BCUT2D eigenvalue weighted by Gasteiger charge is 2.35. The van der Waals surface area contributed by atoms with Gasteiger partial charge in [-0.05, 0) is 36.3 Å². The van der Waals surface area contributed by atoms with Gasteiger partial charge in [0.1, 0.15) is 25.1 Å². The number of hydrogen-bond donors (Lipinski definition) is 0. The van der Waals surface area contributed by atoms with Crippen molar-refractivity contribution >= 4 is 17.4 Å². The number of amides is 1.